The number of nitrogens with zero attached hydrogens (tertiary/aromatic N) is 1. The van der Waals surface area contributed by atoms with Crippen LogP contribution in [-0.2, 0) is 9.53 Å². The topological polar surface area (TPSA) is 49.8 Å². The molecule has 0 amide bonds. The molecular weight excluding hydrogens is 313 g/mol. The van der Waals surface area contributed by atoms with Gasteiger partial charge in [0.15, 0.2) is 0 Å². The van der Waals surface area contributed by atoms with E-state index in [2.05, 4.69) is 4.90 Å². The molecule has 1 aromatic rings. The summed E-state index contributed by atoms with van der Waals surface area (Å²) in [5, 5.41) is 10.6. The van der Waals surface area contributed by atoms with Crippen molar-refractivity contribution >= 4 is 29.2 Å². The van der Waals surface area contributed by atoms with E-state index < -0.39 is 11.9 Å². The number of likely N-dealkylation sites (N-methyl/N-ethyl adjacent to an activating group) is 1. The van der Waals surface area contributed by atoms with Gasteiger partial charge in [-0.25, -0.2) is 0 Å². The standard InChI is InChI=1S/C15H19Cl2NO3/c1-3-18(14-8-21-7-12(14)15(19)20)9(2)11-6-10(16)4-5-13(11)17/h4-6,9,12,14H,3,7-8H2,1-2H3,(H,19,20). The van der Waals surface area contributed by atoms with E-state index in [9.17, 15) is 9.90 Å². The summed E-state index contributed by atoms with van der Waals surface area (Å²) < 4.78 is 5.37. The second kappa shape index (κ2) is 6.97. The Labute approximate surface area is 134 Å². The van der Waals surface area contributed by atoms with Crippen molar-refractivity contribution in [3.05, 3.63) is 33.8 Å². The van der Waals surface area contributed by atoms with Gasteiger partial charge in [0.1, 0.15) is 0 Å². The summed E-state index contributed by atoms with van der Waals surface area (Å²) in [5.41, 5.74) is 0.905. The summed E-state index contributed by atoms with van der Waals surface area (Å²) in [4.78, 5) is 13.5. The second-order valence-corrected chi connectivity index (χ2v) is 6.07. The van der Waals surface area contributed by atoms with Crippen LogP contribution in [-0.4, -0.2) is 41.8 Å². The fraction of sp³-hybridized carbons (Fsp3) is 0.533. The van der Waals surface area contributed by atoms with Crippen LogP contribution in [0.2, 0.25) is 10.0 Å². The maximum Gasteiger partial charge on any atom is 0.310 e. The molecule has 116 valence electrons. The summed E-state index contributed by atoms with van der Waals surface area (Å²) in [6, 6.07) is 5.16. The van der Waals surface area contributed by atoms with E-state index in [0.717, 1.165) is 5.56 Å². The Bertz CT molecular complexity index is 524. The van der Waals surface area contributed by atoms with Gasteiger partial charge in [0.25, 0.3) is 0 Å². The van der Waals surface area contributed by atoms with Crippen molar-refractivity contribution in [1.29, 1.82) is 0 Å². The fourth-order valence-corrected chi connectivity index (χ4v) is 3.37. The number of aliphatic carboxylic acids is 1. The molecule has 0 spiro atoms. The Morgan fingerprint density at radius 1 is 1.48 bits per heavy atom. The lowest BCUT2D eigenvalue weighted by molar-refractivity contribution is -0.143. The molecular formula is C15H19Cl2NO3. The molecule has 1 saturated heterocycles. The highest BCUT2D eigenvalue weighted by atomic mass is 35.5. The van der Waals surface area contributed by atoms with Crippen LogP contribution >= 0.6 is 23.2 Å². The molecule has 0 saturated carbocycles. The molecule has 0 bridgehead atoms. The first-order valence-corrected chi connectivity index (χ1v) is 7.72. The van der Waals surface area contributed by atoms with Gasteiger partial charge in [-0.15, -0.1) is 0 Å². The van der Waals surface area contributed by atoms with E-state index in [-0.39, 0.29) is 18.7 Å². The number of ether oxygens (including phenoxy) is 1. The van der Waals surface area contributed by atoms with E-state index in [1.807, 2.05) is 19.9 Å². The zero-order chi connectivity index (χ0) is 15.6. The first-order chi connectivity index (χ1) is 9.95. The van der Waals surface area contributed by atoms with Crippen molar-refractivity contribution in [3.8, 4) is 0 Å². The first-order valence-electron chi connectivity index (χ1n) is 6.97. The van der Waals surface area contributed by atoms with Gasteiger partial charge in [-0.2, -0.15) is 0 Å². The largest absolute Gasteiger partial charge is 0.481 e. The second-order valence-electron chi connectivity index (χ2n) is 5.22. The molecule has 2 rings (SSSR count). The van der Waals surface area contributed by atoms with Gasteiger partial charge < -0.3 is 9.84 Å². The van der Waals surface area contributed by atoms with Crippen molar-refractivity contribution in [3.63, 3.8) is 0 Å². The highest BCUT2D eigenvalue weighted by Gasteiger charge is 2.39. The number of halogens is 2. The van der Waals surface area contributed by atoms with Crippen molar-refractivity contribution in [2.45, 2.75) is 25.9 Å². The van der Waals surface area contributed by atoms with Crippen molar-refractivity contribution in [2.24, 2.45) is 5.92 Å². The minimum atomic E-state index is -0.819. The van der Waals surface area contributed by atoms with Gasteiger partial charge in [0.05, 0.1) is 19.1 Å². The molecule has 21 heavy (non-hydrogen) atoms. The normalized spacial score (nSPS) is 23.5. The average molecular weight is 332 g/mol. The maximum atomic E-state index is 11.4. The number of carbonyl (C=O) groups is 1. The predicted molar refractivity (Wildman–Crippen MR) is 83.0 cm³/mol. The number of hydrogen-bond donors (Lipinski definition) is 1. The molecule has 0 radical (unpaired) electrons. The van der Waals surface area contributed by atoms with E-state index >= 15 is 0 Å². The third kappa shape index (κ3) is 3.51. The molecule has 4 nitrogen and oxygen atoms in total. The number of hydrogen-bond acceptors (Lipinski definition) is 3. The number of benzene rings is 1. The van der Waals surface area contributed by atoms with Gasteiger partial charge in [0, 0.05) is 22.1 Å². The lowest BCUT2D eigenvalue weighted by atomic mass is 9.98. The van der Waals surface area contributed by atoms with Crippen molar-refractivity contribution in [2.75, 3.05) is 19.8 Å². The van der Waals surface area contributed by atoms with E-state index in [4.69, 9.17) is 27.9 Å². The summed E-state index contributed by atoms with van der Waals surface area (Å²) in [5.74, 6) is -1.33. The number of rotatable bonds is 5. The molecule has 1 heterocycles. The van der Waals surface area contributed by atoms with Crippen molar-refractivity contribution in [1.82, 2.24) is 4.90 Å². The van der Waals surface area contributed by atoms with Gasteiger partial charge in [-0.05, 0) is 37.2 Å². The zero-order valence-corrected chi connectivity index (χ0v) is 13.6. The first kappa shape index (κ1) is 16.6. The van der Waals surface area contributed by atoms with Crippen LogP contribution in [0.15, 0.2) is 18.2 Å². The molecule has 6 heteroatoms. The summed E-state index contributed by atoms with van der Waals surface area (Å²) in [7, 11) is 0. The minimum Gasteiger partial charge on any atom is -0.481 e. The predicted octanol–water partition coefficient (Wildman–Crippen LogP) is 3.48. The fourth-order valence-electron chi connectivity index (χ4n) is 2.91. The van der Waals surface area contributed by atoms with Gasteiger partial charge in [-0.1, -0.05) is 30.1 Å². The van der Waals surface area contributed by atoms with E-state index in [0.29, 0.717) is 23.2 Å². The Balaban J connectivity index is 2.28. The highest BCUT2D eigenvalue weighted by Crippen LogP contribution is 2.33. The lowest BCUT2D eigenvalue weighted by Crippen LogP contribution is -2.44. The Morgan fingerprint density at radius 2 is 2.19 bits per heavy atom. The van der Waals surface area contributed by atoms with Crippen LogP contribution in [0.3, 0.4) is 0 Å². The molecule has 0 aromatic heterocycles. The summed E-state index contributed by atoms with van der Waals surface area (Å²) in [6.45, 7) is 5.41. The number of carboxylic acids is 1. The maximum absolute atomic E-state index is 11.4. The summed E-state index contributed by atoms with van der Waals surface area (Å²) in [6.07, 6.45) is 0. The number of carboxylic acid groups (broad SMARTS) is 1. The molecule has 1 N–H and O–H groups in total. The SMILES string of the molecule is CCN(C(C)c1cc(Cl)ccc1Cl)C1COCC1C(=O)O. The van der Waals surface area contributed by atoms with Crippen LogP contribution in [0, 0.1) is 5.92 Å². The highest BCUT2D eigenvalue weighted by molar-refractivity contribution is 6.33. The monoisotopic (exact) mass is 331 g/mol. The van der Waals surface area contributed by atoms with Gasteiger partial charge in [-0.3, -0.25) is 9.69 Å². The van der Waals surface area contributed by atoms with Crippen LogP contribution < -0.4 is 0 Å². The quantitative estimate of drug-likeness (QED) is 0.897. The molecule has 1 fully saturated rings. The third-order valence-corrected chi connectivity index (χ3v) is 4.64. The molecule has 3 unspecified atom stereocenters. The molecule has 1 aliphatic rings. The smallest absolute Gasteiger partial charge is 0.310 e. The van der Waals surface area contributed by atoms with E-state index in [1.54, 1.807) is 12.1 Å². The van der Waals surface area contributed by atoms with Crippen LogP contribution in [0.5, 0.6) is 0 Å². The summed E-state index contributed by atoms with van der Waals surface area (Å²) >= 11 is 12.3. The molecule has 1 aliphatic heterocycles. The Kier molecular flexibility index (Phi) is 5.49. The van der Waals surface area contributed by atoms with Crippen LogP contribution in [0.25, 0.3) is 0 Å². The van der Waals surface area contributed by atoms with Crippen LogP contribution in [0.4, 0.5) is 0 Å². The lowest BCUT2D eigenvalue weighted by Gasteiger charge is -2.35. The van der Waals surface area contributed by atoms with Crippen LogP contribution in [0.1, 0.15) is 25.5 Å². The molecule has 3 atom stereocenters. The Hall–Kier alpha value is -0.810. The molecule has 0 aliphatic carbocycles. The average Bonchev–Trinajstić information content (AvgIpc) is 2.91. The van der Waals surface area contributed by atoms with E-state index in [1.165, 1.54) is 0 Å². The van der Waals surface area contributed by atoms with Crippen molar-refractivity contribution < 1.29 is 14.6 Å². The van der Waals surface area contributed by atoms with Gasteiger partial charge >= 0.3 is 5.97 Å². The van der Waals surface area contributed by atoms with Gasteiger partial charge in [0.2, 0.25) is 0 Å². The third-order valence-electron chi connectivity index (χ3n) is 4.06. The molecule has 1 aromatic carbocycles. The zero-order valence-electron chi connectivity index (χ0n) is 12.1. The Morgan fingerprint density at radius 3 is 2.81 bits per heavy atom. The minimum absolute atomic E-state index is 0.0326.